The molecule has 49 valence electrons. The van der Waals surface area contributed by atoms with Crippen LogP contribution in [0.5, 0.6) is 0 Å². The smallest absolute Gasteiger partial charge is 0 e. The zero-order chi connectivity index (χ0) is 6.10. The average Bonchev–Trinajstić information content (AvgIpc) is 2.33. The fourth-order valence-electron chi connectivity index (χ4n) is 1.16. The topological polar surface area (TPSA) is 14.1 Å². The fourth-order valence-corrected chi connectivity index (χ4v) is 1.16. The van der Waals surface area contributed by atoms with Crippen molar-refractivity contribution in [2.45, 2.75) is 13.1 Å². The van der Waals surface area contributed by atoms with Gasteiger partial charge < -0.3 is 5.32 Å². The van der Waals surface area contributed by atoms with Crippen LogP contribution in [0.25, 0.3) is 5.32 Å². The third-order valence-electron chi connectivity index (χ3n) is 1.68. The van der Waals surface area contributed by atoms with E-state index >= 15 is 0 Å². The van der Waals surface area contributed by atoms with Gasteiger partial charge in [0.25, 0.3) is 0 Å². The molecule has 1 aliphatic heterocycles. The van der Waals surface area contributed by atoms with E-state index < -0.39 is 0 Å². The van der Waals surface area contributed by atoms with E-state index in [1.807, 2.05) is 0 Å². The molecule has 1 heterocycles. The first-order valence-corrected chi connectivity index (χ1v) is 3.17. The van der Waals surface area contributed by atoms with Crippen molar-refractivity contribution in [3.63, 3.8) is 0 Å². The molecule has 0 spiro atoms. The molecule has 1 aliphatic rings. The van der Waals surface area contributed by atoms with Crippen LogP contribution in [0, 0.1) is 0 Å². The van der Waals surface area contributed by atoms with Gasteiger partial charge in [-0.3, -0.25) is 0 Å². The van der Waals surface area contributed by atoms with Gasteiger partial charge in [-0.25, -0.2) is 0 Å². The number of hydrogen-bond donors (Lipinski definition) is 0. The van der Waals surface area contributed by atoms with Crippen LogP contribution in [-0.4, -0.2) is 0 Å². The number of nitrogens with zero attached hydrogens (tertiary/aromatic N) is 1. The van der Waals surface area contributed by atoms with E-state index in [0.29, 0.717) is 0 Å². The molecule has 0 unspecified atom stereocenters. The summed E-state index contributed by atoms with van der Waals surface area (Å²) in [4.78, 5) is 0. The van der Waals surface area contributed by atoms with E-state index in [0.717, 1.165) is 13.1 Å². The summed E-state index contributed by atoms with van der Waals surface area (Å²) in [5.41, 5.74) is 2.80. The summed E-state index contributed by atoms with van der Waals surface area (Å²) < 4.78 is 0. The van der Waals surface area contributed by atoms with E-state index in [9.17, 15) is 0 Å². The number of fused-ring (bicyclic) bond motifs is 1. The van der Waals surface area contributed by atoms with E-state index in [1.54, 1.807) is 0 Å². The van der Waals surface area contributed by atoms with Crippen molar-refractivity contribution in [1.29, 1.82) is 0 Å². The molecule has 2 rings (SSSR count). The predicted molar refractivity (Wildman–Crippen MR) is 37.2 cm³/mol. The maximum atomic E-state index is 4.25. The van der Waals surface area contributed by atoms with Crippen molar-refractivity contribution in [2.75, 3.05) is 0 Å². The van der Waals surface area contributed by atoms with Crippen molar-refractivity contribution in [3.05, 3.63) is 40.7 Å². The monoisotopic (exact) mass is 207 g/mol. The zero-order valence-corrected chi connectivity index (χ0v) is 8.59. The van der Waals surface area contributed by atoms with Crippen LogP contribution >= 0.6 is 0 Å². The molecule has 0 fully saturated rings. The second-order valence-corrected chi connectivity index (χ2v) is 2.31. The number of hydrogen-bond acceptors (Lipinski definition) is 0. The van der Waals surface area contributed by atoms with Gasteiger partial charge in [-0.05, 0) is 0 Å². The molecule has 1 aromatic carbocycles. The Labute approximate surface area is 86.1 Å². The van der Waals surface area contributed by atoms with Crippen LogP contribution in [0.2, 0.25) is 0 Å². The van der Waals surface area contributed by atoms with Crippen molar-refractivity contribution >= 4 is 0 Å². The van der Waals surface area contributed by atoms with Gasteiger partial charge in [-0.15, -0.1) is 13.1 Å². The van der Waals surface area contributed by atoms with Crippen LogP contribution < -0.4 is 0 Å². The molecule has 0 atom stereocenters. The minimum Gasteiger partial charge on any atom is -0.655 e. The molecular weight excluding hydrogens is 199 g/mol. The molecule has 1 aromatic rings. The molecule has 0 aliphatic carbocycles. The standard InChI is InChI=1S/C8H8N.Y/c1-2-4-8-6-9-5-7(8)3-1;/h1-4H,5-6H2;/q-1;. The van der Waals surface area contributed by atoms with Crippen molar-refractivity contribution in [1.82, 2.24) is 0 Å². The molecule has 0 saturated heterocycles. The second-order valence-electron chi connectivity index (χ2n) is 2.31. The minimum atomic E-state index is 0. The van der Waals surface area contributed by atoms with Gasteiger partial charge in [-0.2, -0.15) is 0 Å². The second kappa shape index (κ2) is 3.61. The summed E-state index contributed by atoms with van der Waals surface area (Å²) in [6.45, 7) is 1.85. The van der Waals surface area contributed by atoms with Gasteiger partial charge in [0.15, 0.2) is 0 Å². The maximum absolute atomic E-state index is 4.25. The number of rotatable bonds is 0. The van der Waals surface area contributed by atoms with Crippen LogP contribution in [0.4, 0.5) is 0 Å². The Morgan fingerprint density at radius 2 is 1.50 bits per heavy atom. The van der Waals surface area contributed by atoms with Gasteiger partial charge >= 0.3 is 0 Å². The molecule has 0 saturated carbocycles. The Balaban J connectivity index is 0.000000500. The van der Waals surface area contributed by atoms with Crippen LogP contribution in [0.3, 0.4) is 0 Å². The van der Waals surface area contributed by atoms with Gasteiger partial charge in [-0.1, -0.05) is 35.4 Å². The van der Waals surface area contributed by atoms with Crippen LogP contribution in [0.1, 0.15) is 11.1 Å². The normalized spacial score (nSPS) is 14.0. The SMILES string of the molecule is [Y].c1ccc2c(c1)C[N-]C2. The molecule has 0 amide bonds. The third kappa shape index (κ3) is 1.47. The summed E-state index contributed by atoms with van der Waals surface area (Å²) in [6.07, 6.45) is 0. The first-order chi connectivity index (χ1) is 4.47. The Bertz CT molecular complexity index is 199. The van der Waals surface area contributed by atoms with E-state index in [4.69, 9.17) is 0 Å². The molecule has 0 N–H and O–H groups in total. The molecular formula is C8H8NY-. The van der Waals surface area contributed by atoms with Crippen LogP contribution in [-0.2, 0) is 45.8 Å². The Morgan fingerprint density at radius 3 is 2.00 bits per heavy atom. The summed E-state index contributed by atoms with van der Waals surface area (Å²) in [7, 11) is 0. The molecule has 2 heteroatoms. The van der Waals surface area contributed by atoms with Crippen molar-refractivity contribution in [3.8, 4) is 0 Å². The van der Waals surface area contributed by atoms with Crippen LogP contribution in [0.15, 0.2) is 24.3 Å². The summed E-state index contributed by atoms with van der Waals surface area (Å²) >= 11 is 0. The summed E-state index contributed by atoms with van der Waals surface area (Å²) in [5.74, 6) is 0. The van der Waals surface area contributed by atoms with Gasteiger partial charge in [0.2, 0.25) is 0 Å². The summed E-state index contributed by atoms with van der Waals surface area (Å²) in [6, 6.07) is 8.43. The molecule has 10 heavy (non-hydrogen) atoms. The van der Waals surface area contributed by atoms with Crippen molar-refractivity contribution < 1.29 is 32.7 Å². The molecule has 1 radical (unpaired) electrons. The van der Waals surface area contributed by atoms with E-state index in [1.165, 1.54) is 11.1 Å². The first-order valence-electron chi connectivity index (χ1n) is 3.17. The van der Waals surface area contributed by atoms with Gasteiger partial charge in [0, 0.05) is 32.7 Å². The molecule has 1 nitrogen and oxygen atoms in total. The van der Waals surface area contributed by atoms with Gasteiger partial charge in [0.1, 0.15) is 0 Å². The van der Waals surface area contributed by atoms with Crippen molar-refractivity contribution in [2.24, 2.45) is 0 Å². The third-order valence-corrected chi connectivity index (χ3v) is 1.68. The largest absolute Gasteiger partial charge is 0.655 e. The Kier molecular flexibility index (Phi) is 3.03. The van der Waals surface area contributed by atoms with Gasteiger partial charge in [0.05, 0.1) is 0 Å². The minimum absolute atomic E-state index is 0. The quantitative estimate of drug-likeness (QED) is 0.618. The van der Waals surface area contributed by atoms with E-state index in [2.05, 4.69) is 29.6 Å². The fraction of sp³-hybridized carbons (Fsp3) is 0.250. The average molecular weight is 207 g/mol. The zero-order valence-electron chi connectivity index (χ0n) is 5.75. The number of benzene rings is 1. The Hall–Kier alpha value is 0.284. The first kappa shape index (κ1) is 8.38. The maximum Gasteiger partial charge on any atom is 0 e. The predicted octanol–water partition coefficient (Wildman–Crippen LogP) is 2.07. The molecule has 0 bridgehead atoms. The van der Waals surface area contributed by atoms with E-state index in [-0.39, 0.29) is 32.7 Å². The molecule has 0 aromatic heterocycles. The Morgan fingerprint density at radius 1 is 1.00 bits per heavy atom. The summed E-state index contributed by atoms with van der Waals surface area (Å²) in [5, 5.41) is 4.25.